The monoisotopic (exact) mass is 285 g/mol. The van der Waals surface area contributed by atoms with E-state index in [4.69, 9.17) is 0 Å². The lowest BCUT2D eigenvalue weighted by atomic mass is 9.96. The van der Waals surface area contributed by atoms with Gasteiger partial charge in [-0.2, -0.15) is 11.8 Å². The van der Waals surface area contributed by atoms with Crippen molar-refractivity contribution >= 4 is 17.7 Å². The van der Waals surface area contributed by atoms with E-state index in [0.29, 0.717) is 13.0 Å². The third kappa shape index (κ3) is 5.35. The summed E-state index contributed by atoms with van der Waals surface area (Å²) < 4.78 is 0. The molecule has 0 bridgehead atoms. The zero-order valence-electron chi connectivity index (χ0n) is 11.8. The number of hydrogen-bond acceptors (Lipinski definition) is 3. The maximum atomic E-state index is 11.8. The lowest BCUT2D eigenvalue weighted by Gasteiger charge is -2.31. The molecule has 3 nitrogen and oxygen atoms in total. The largest absolute Gasteiger partial charge is 0.388 e. The fourth-order valence-corrected chi connectivity index (χ4v) is 4.38. The number of rotatable bonds is 6. The van der Waals surface area contributed by atoms with E-state index in [-0.39, 0.29) is 5.91 Å². The van der Waals surface area contributed by atoms with Crippen LogP contribution in [0.15, 0.2) is 0 Å². The molecule has 1 saturated heterocycles. The second kappa shape index (κ2) is 7.53. The highest BCUT2D eigenvalue weighted by Crippen LogP contribution is 2.29. The molecule has 0 unspecified atom stereocenters. The Morgan fingerprint density at radius 2 is 1.95 bits per heavy atom. The molecule has 2 aliphatic rings. The molecule has 0 radical (unpaired) electrons. The summed E-state index contributed by atoms with van der Waals surface area (Å²) in [6.45, 7) is 0.440. The van der Waals surface area contributed by atoms with Gasteiger partial charge >= 0.3 is 0 Å². The third-order valence-electron chi connectivity index (χ3n) is 4.53. The molecule has 1 heterocycles. The van der Waals surface area contributed by atoms with Gasteiger partial charge in [0.15, 0.2) is 0 Å². The standard InChI is InChI=1S/C15H27NO2S/c17-14(7-3-6-13-4-1-2-5-13)16-12-15(18)8-10-19-11-9-15/h13,18H,1-12H2,(H,16,17). The average Bonchev–Trinajstić information content (AvgIpc) is 2.91. The lowest BCUT2D eigenvalue weighted by molar-refractivity contribution is -0.122. The summed E-state index contributed by atoms with van der Waals surface area (Å²) in [5, 5.41) is 13.2. The van der Waals surface area contributed by atoms with Crippen LogP contribution in [0.4, 0.5) is 0 Å². The van der Waals surface area contributed by atoms with Crippen LogP contribution in [0, 0.1) is 5.92 Å². The lowest BCUT2D eigenvalue weighted by Crippen LogP contribution is -2.45. The molecule has 19 heavy (non-hydrogen) atoms. The van der Waals surface area contributed by atoms with Gasteiger partial charge in [-0.3, -0.25) is 4.79 Å². The van der Waals surface area contributed by atoms with Gasteiger partial charge in [0.2, 0.25) is 5.91 Å². The van der Waals surface area contributed by atoms with Crippen molar-refractivity contribution in [2.45, 2.75) is 63.4 Å². The van der Waals surface area contributed by atoms with E-state index in [2.05, 4.69) is 5.32 Å². The van der Waals surface area contributed by atoms with Crippen LogP contribution in [-0.4, -0.2) is 34.7 Å². The van der Waals surface area contributed by atoms with Gasteiger partial charge in [-0.05, 0) is 43.1 Å². The number of carbonyl (C=O) groups is 1. The van der Waals surface area contributed by atoms with Crippen molar-refractivity contribution in [1.29, 1.82) is 0 Å². The quantitative estimate of drug-likeness (QED) is 0.789. The topological polar surface area (TPSA) is 49.3 Å². The van der Waals surface area contributed by atoms with Crippen LogP contribution in [0.25, 0.3) is 0 Å². The van der Waals surface area contributed by atoms with E-state index >= 15 is 0 Å². The molecule has 2 N–H and O–H groups in total. The molecule has 0 atom stereocenters. The number of amides is 1. The molecular weight excluding hydrogens is 258 g/mol. The zero-order valence-corrected chi connectivity index (χ0v) is 12.6. The minimum atomic E-state index is -0.646. The minimum absolute atomic E-state index is 0.115. The molecule has 2 rings (SSSR count). The summed E-state index contributed by atoms with van der Waals surface area (Å²) in [5.41, 5.74) is -0.646. The van der Waals surface area contributed by atoms with E-state index in [1.807, 2.05) is 11.8 Å². The van der Waals surface area contributed by atoms with Gasteiger partial charge in [0, 0.05) is 13.0 Å². The molecule has 0 spiro atoms. The molecule has 1 aliphatic carbocycles. The van der Waals surface area contributed by atoms with Gasteiger partial charge in [0.1, 0.15) is 0 Å². The summed E-state index contributed by atoms with van der Waals surface area (Å²) in [6, 6.07) is 0. The molecule has 0 aromatic heterocycles. The predicted octanol–water partition coefficient (Wildman–Crippen LogP) is 2.72. The van der Waals surface area contributed by atoms with Gasteiger partial charge in [-0.15, -0.1) is 0 Å². The first kappa shape index (κ1) is 15.2. The Balaban J connectivity index is 1.56. The molecule has 1 aliphatic heterocycles. The number of thioether (sulfide) groups is 1. The average molecular weight is 285 g/mol. The van der Waals surface area contributed by atoms with Crippen molar-refractivity contribution in [3.8, 4) is 0 Å². The molecule has 0 aromatic carbocycles. The summed E-state index contributed by atoms with van der Waals surface area (Å²) in [4.78, 5) is 11.8. The summed E-state index contributed by atoms with van der Waals surface area (Å²) in [6.07, 6.45) is 9.92. The normalized spacial score (nSPS) is 23.4. The highest BCUT2D eigenvalue weighted by Gasteiger charge is 2.29. The molecule has 2 fully saturated rings. The van der Waals surface area contributed by atoms with Crippen molar-refractivity contribution in [2.75, 3.05) is 18.1 Å². The smallest absolute Gasteiger partial charge is 0.220 e. The van der Waals surface area contributed by atoms with Crippen molar-refractivity contribution in [3.05, 3.63) is 0 Å². The van der Waals surface area contributed by atoms with Crippen LogP contribution in [0.2, 0.25) is 0 Å². The molecular formula is C15H27NO2S. The van der Waals surface area contributed by atoms with E-state index in [9.17, 15) is 9.90 Å². The Hall–Kier alpha value is -0.220. The van der Waals surface area contributed by atoms with E-state index in [1.165, 1.54) is 32.1 Å². The van der Waals surface area contributed by atoms with Crippen LogP contribution in [0.5, 0.6) is 0 Å². The first-order valence-corrected chi connectivity index (χ1v) is 8.90. The maximum Gasteiger partial charge on any atom is 0.220 e. The Kier molecular flexibility index (Phi) is 6.02. The van der Waals surface area contributed by atoms with Crippen LogP contribution < -0.4 is 5.32 Å². The fourth-order valence-electron chi connectivity index (χ4n) is 3.13. The first-order valence-electron chi connectivity index (χ1n) is 7.75. The highest BCUT2D eigenvalue weighted by molar-refractivity contribution is 7.99. The maximum absolute atomic E-state index is 11.8. The SMILES string of the molecule is O=C(CCCC1CCCC1)NCC1(O)CCSCC1. The number of nitrogens with one attached hydrogen (secondary N) is 1. The Morgan fingerprint density at radius 3 is 2.63 bits per heavy atom. The predicted molar refractivity (Wildman–Crippen MR) is 80.3 cm³/mol. The van der Waals surface area contributed by atoms with Crippen LogP contribution in [0.1, 0.15) is 57.8 Å². The van der Waals surface area contributed by atoms with E-state index in [1.54, 1.807) is 0 Å². The van der Waals surface area contributed by atoms with Crippen LogP contribution in [0.3, 0.4) is 0 Å². The van der Waals surface area contributed by atoms with Gasteiger partial charge < -0.3 is 10.4 Å². The molecule has 1 saturated carbocycles. The summed E-state index contributed by atoms with van der Waals surface area (Å²) in [5.74, 6) is 3.00. The molecule has 4 heteroatoms. The summed E-state index contributed by atoms with van der Waals surface area (Å²) >= 11 is 1.89. The van der Waals surface area contributed by atoms with Gasteiger partial charge in [0.05, 0.1) is 5.60 Å². The zero-order chi connectivity index (χ0) is 13.6. The number of carbonyl (C=O) groups excluding carboxylic acids is 1. The Morgan fingerprint density at radius 1 is 1.26 bits per heavy atom. The second-order valence-corrected chi connectivity index (χ2v) is 7.38. The van der Waals surface area contributed by atoms with E-state index < -0.39 is 5.60 Å². The van der Waals surface area contributed by atoms with Crippen molar-refractivity contribution in [2.24, 2.45) is 5.92 Å². The molecule has 0 aromatic rings. The van der Waals surface area contributed by atoms with E-state index in [0.717, 1.165) is 36.7 Å². The van der Waals surface area contributed by atoms with Gasteiger partial charge in [-0.25, -0.2) is 0 Å². The first-order chi connectivity index (χ1) is 9.18. The van der Waals surface area contributed by atoms with Crippen molar-refractivity contribution < 1.29 is 9.90 Å². The Bertz CT molecular complexity index is 284. The third-order valence-corrected chi connectivity index (χ3v) is 5.51. The molecule has 1 amide bonds. The van der Waals surface area contributed by atoms with Crippen molar-refractivity contribution in [1.82, 2.24) is 5.32 Å². The minimum Gasteiger partial charge on any atom is -0.388 e. The second-order valence-electron chi connectivity index (χ2n) is 6.16. The van der Waals surface area contributed by atoms with Crippen molar-refractivity contribution in [3.63, 3.8) is 0 Å². The van der Waals surface area contributed by atoms with Gasteiger partial charge in [0.25, 0.3) is 0 Å². The van der Waals surface area contributed by atoms with Gasteiger partial charge in [-0.1, -0.05) is 25.7 Å². The Labute approximate surface area is 120 Å². The number of aliphatic hydroxyl groups is 1. The van der Waals surface area contributed by atoms with Crippen LogP contribution in [-0.2, 0) is 4.79 Å². The molecule has 110 valence electrons. The summed E-state index contributed by atoms with van der Waals surface area (Å²) in [7, 11) is 0. The number of hydrogen-bond donors (Lipinski definition) is 2. The highest BCUT2D eigenvalue weighted by atomic mass is 32.2. The fraction of sp³-hybridized carbons (Fsp3) is 0.933. The van der Waals surface area contributed by atoms with Crippen LogP contribution >= 0.6 is 11.8 Å².